The van der Waals surface area contributed by atoms with Gasteiger partial charge in [0.25, 0.3) is 0 Å². The number of carbonyl (C=O) groups excluding carboxylic acids is 1. The van der Waals surface area contributed by atoms with Crippen LogP contribution in [0, 0.1) is 0 Å². The summed E-state index contributed by atoms with van der Waals surface area (Å²) >= 11 is 3.40. The first-order valence-corrected chi connectivity index (χ1v) is 7.24. The lowest BCUT2D eigenvalue weighted by atomic mass is 10.1. The van der Waals surface area contributed by atoms with Crippen molar-refractivity contribution in [1.29, 1.82) is 0 Å². The minimum absolute atomic E-state index is 0. The summed E-state index contributed by atoms with van der Waals surface area (Å²) in [7, 11) is 1.84. The third-order valence-corrected chi connectivity index (χ3v) is 3.71. The number of nitrogens with one attached hydrogen (secondary N) is 1. The average Bonchev–Trinajstić information content (AvgIpc) is 2.42. The third-order valence-electron chi connectivity index (χ3n) is 3.18. The molecule has 1 amide bonds. The van der Waals surface area contributed by atoms with Crippen molar-refractivity contribution in [1.82, 2.24) is 10.2 Å². The fourth-order valence-electron chi connectivity index (χ4n) is 2.07. The fraction of sp³-hybridized carbons (Fsp3) is 0.500. The summed E-state index contributed by atoms with van der Waals surface area (Å²) in [6, 6.07) is 8.17. The number of carbonyl (C=O) groups is 1. The van der Waals surface area contributed by atoms with E-state index < -0.39 is 0 Å². The summed E-state index contributed by atoms with van der Waals surface area (Å²) in [6.07, 6.45) is 0.493. The summed E-state index contributed by atoms with van der Waals surface area (Å²) in [5.41, 5.74) is 1.13. The molecule has 1 saturated heterocycles. The van der Waals surface area contributed by atoms with Gasteiger partial charge in [-0.25, -0.2) is 0 Å². The minimum Gasteiger partial charge on any atom is -0.378 e. The topological polar surface area (TPSA) is 41.6 Å². The van der Waals surface area contributed by atoms with Crippen molar-refractivity contribution in [2.75, 3.05) is 26.8 Å². The van der Waals surface area contributed by atoms with Crippen LogP contribution in [-0.4, -0.2) is 43.7 Å². The van der Waals surface area contributed by atoms with Crippen LogP contribution >= 0.6 is 28.3 Å². The SMILES string of the molecule is CN(Cc1ccc(Br)cc1)C(=O)CC1COCCN1.Cl. The van der Waals surface area contributed by atoms with Gasteiger partial charge in [-0.3, -0.25) is 4.79 Å². The van der Waals surface area contributed by atoms with Crippen LogP contribution in [0.4, 0.5) is 0 Å². The van der Waals surface area contributed by atoms with Gasteiger partial charge < -0.3 is 15.0 Å². The first-order chi connectivity index (χ1) is 9.15. The molecule has 1 unspecified atom stereocenters. The van der Waals surface area contributed by atoms with E-state index in [9.17, 15) is 4.79 Å². The summed E-state index contributed by atoms with van der Waals surface area (Å²) < 4.78 is 6.41. The molecular weight excluding hydrogens is 344 g/mol. The predicted octanol–water partition coefficient (Wildman–Crippen LogP) is 2.21. The summed E-state index contributed by atoms with van der Waals surface area (Å²) in [6.45, 7) is 2.82. The van der Waals surface area contributed by atoms with Gasteiger partial charge in [0.2, 0.25) is 5.91 Å². The second-order valence-electron chi connectivity index (χ2n) is 4.81. The molecule has 0 saturated carbocycles. The highest BCUT2D eigenvalue weighted by atomic mass is 79.9. The maximum absolute atomic E-state index is 12.1. The second kappa shape index (κ2) is 8.62. The minimum atomic E-state index is 0. The van der Waals surface area contributed by atoms with Gasteiger partial charge in [-0.2, -0.15) is 0 Å². The molecule has 0 radical (unpaired) electrons. The van der Waals surface area contributed by atoms with Crippen molar-refractivity contribution in [2.45, 2.75) is 19.0 Å². The van der Waals surface area contributed by atoms with E-state index in [0.29, 0.717) is 19.6 Å². The van der Waals surface area contributed by atoms with Crippen LogP contribution in [0.2, 0.25) is 0 Å². The molecule has 1 aromatic carbocycles. The highest BCUT2D eigenvalue weighted by Gasteiger charge is 2.19. The number of ether oxygens (including phenoxy) is 1. The van der Waals surface area contributed by atoms with E-state index in [1.807, 2.05) is 31.3 Å². The van der Waals surface area contributed by atoms with E-state index in [0.717, 1.165) is 23.2 Å². The van der Waals surface area contributed by atoms with Gasteiger partial charge in [0.15, 0.2) is 0 Å². The Morgan fingerprint density at radius 2 is 2.15 bits per heavy atom. The molecule has 6 heteroatoms. The van der Waals surface area contributed by atoms with Gasteiger partial charge in [-0.15, -0.1) is 12.4 Å². The Kier molecular flexibility index (Phi) is 7.51. The Morgan fingerprint density at radius 1 is 1.45 bits per heavy atom. The van der Waals surface area contributed by atoms with Gasteiger partial charge in [-0.05, 0) is 17.7 Å². The van der Waals surface area contributed by atoms with Crippen molar-refractivity contribution in [3.63, 3.8) is 0 Å². The molecule has 0 spiro atoms. The van der Waals surface area contributed by atoms with Crippen LogP contribution in [0.3, 0.4) is 0 Å². The Hall–Kier alpha value is -0.620. The van der Waals surface area contributed by atoms with Crippen LogP contribution in [-0.2, 0) is 16.1 Å². The van der Waals surface area contributed by atoms with Crippen molar-refractivity contribution < 1.29 is 9.53 Å². The molecule has 1 heterocycles. The first-order valence-electron chi connectivity index (χ1n) is 6.44. The van der Waals surface area contributed by atoms with Crippen LogP contribution in [0.5, 0.6) is 0 Å². The van der Waals surface area contributed by atoms with Gasteiger partial charge in [0, 0.05) is 37.1 Å². The molecule has 1 N–H and O–H groups in total. The number of nitrogens with zero attached hydrogens (tertiary/aromatic N) is 1. The highest BCUT2D eigenvalue weighted by molar-refractivity contribution is 9.10. The quantitative estimate of drug-likeness (QED) is 0.892. The summed E-state index contributed by atoms with van der Waals surface area (Å²) in [5.74, 6) is 0.144. The largest absolute Gasteiger partial charge is 0.378 e. The molecular formula is C14H20BrClN2O2. The molecule has 0 aliphatic carbocycles. The zero-order valence-corrected chi connectivity index (χ0v) is 13.9. The number of morpholine rings is 1. The molecule has 2 rings (SSSR count). The average molecular weight is 364 g/mol. The molecule has 1 aromatic rings. The first kappa shape index (κ1) is 17.4. The standard InChI is InChI=1S/C14H19BrN2O2.ClH/c1-17(9-11-2-4-12(15)5-3-11)14(18)8-13-10-19-7-6-16-13;/h2-5,13,16H,6-10H2,1H3;1H. The van der Waals surface area contributed by atoms with Crippen molar-refractivity contribution in [3.8, 4) is 0 Å². The third kappa shape index (κ3) is 5.40. The Balaban J connectivity index is 0.00000200. The second-order valence-corrected chi connectivity index (χ2v) is 5.72. The zero-order chi connectivity index (χ0) is 13.7. The molecule has 0 bridgehead atoms. The monoisotopic (exact) mass is 362 g/mol. The lowest BCUT2D eigenvalue weighted by molar-refractivity contribution is -0.131. The van der Waals surface area contributed by atoms with Crippen molar-refractivity contribution in [2.24, 2.45) is 0 Å². The Morgan fingerprint density at radius 3 is 2.75 bits per heavy atom. The number of benzene rings is 1. The van der Waals surface area contributed by atoms with Crippen molar-refractivity contribution in [3.05, 3.63) is 34.3 Å². The molecule has 1 aliphatic heterocycles. The van der Waals surface area contributed by atoms with E-state index in [1.54, 1.807) is 4.90 Å². The molecule has 1 fully saturated rings. The van der Waals surface area contributed by atoms with Crippen LogP contribution in [0.1, 0.15) is 12.0 Å². The van der Waals surface area contributed by atoms with Crippen LogP contribution in [0.25, 0.3) is 0 Å². The lowest BCUT2D eigenvalue weighted by Crippen LogP contribution is -2.44. The number of rotatable bonds is 4. The fourth-order valence-corrected chi connectivity index (χ4v) is 2.33. The normalized spacial score (nSPS) is 18.2. The van der Waals surface area contributed by atoms with E-state index >= 15 is 0 Å². The Labute approximate surface area is 134 Å². The highest BCUT2D eigenvalue weighted by Crippen LogP contribution is 2.12. The molecule has 1 atom stereocenters. The van der Waals surface area contributed by atoms with Crippen molar-refractivity contribution >= 4 is 34.2 Å². The van der Waals surface area contributed by atoms with Crippen LogP contribution < -0.4 is 5.32 Å². The molecule has 112 valence electrons. The maximum atomic E-state index is 12.1. The lowest BCUT2D eigenvalue weighted by Gasteiger charge is -2.25. The van der Waals surface area contributed by atoms with Gasteiger partial charge >= 0.3 is 0 Å². The predicted molar refractivity (Wildman–Crippen MR) is 85.1 cm³/mol. The zero-order valence-electron chi connectivity index (χ0n) is 11.5. The Bertz CT molecular complexity index is 422. The number of amides is 1. The smallest absolute Gasteiger partial charge is 0.224 e. The van der Waals surface area contributed by atoms with E-state index in [1.165, 1.54) is 0 Å². The number of halogens is 2. The van der Waals surface area contributed by atoms with E-state index in [-0.39, 0.29) is 24.4 Å². The van der Waals surface area contributed by atoms with Gasteiger partial charge in [-0.1, -0.05) is 28.1 Å². The van der Waals surface area contributed by atoms with Gasteiger partial charge in [0.1, 0.15) is 0 Å². The molecule has 0 aromatic heterocycles. The molecule has 4 nitrogen and oxygen atoms in total. The maximum Gasteiger partial charge on any atom is 0.224 e. The van der Waals surface area contributed by atoms with E-state index in [2.05, 4.69) is 21.2 Å². The summed E-state index contributed by atoms with van der Waals surface area (Å²) in [4.78, 5) is 13.9. The van der Waals surface area contributed by atoms with E-state index in [4.69, 9.17) is 4.74 Å². The van der Waals surface area contributed by atoms with Gasteiger partial charge in [0.05, 0.1) is 13.2 Å². The number of hydrogen-bond acceptors (Lipinski definition) is 3. The summed E-state index contributed by atoms with van der Waals surface area (Å²) in [5, 5.41) is 3.30. The molecule has 20 heavy (non-hydrogen) atoms. The molecule has 1 aliphatic rings. The number of hydrogen-bond donors (Lipinski definition) is 1. The van der Waals surface area contributed by atoms with Crippen LogP contribution in [0.15, 0.2) is 28.7 Å².